The van der Waals surface area contributed by atoms with Crippen molar-refractivity contribution >= 4 is 17.8 Å². The SMILES string of the molecule is CC(C)CNC(=O)C(C)NC(=O)[C@H]1[C@@H](C(=O)O)C1(C)C. The Morgan fingerprint density at radius 1 is 1.15 bits per heavy atom. The van der Waals surface area contributed by atoms with Crippen LogP contribution >= 0.6 is 0 Å². The number of hydrogen-bond donors (Lipinski definition) is 3. The summed E-state index contributed by atoms with van der Waals surface area (Å²) in [6.07, 6.45) is 0. The lowest BCUT2D eigenvalue weighted by molar-refractivity contribution is -0.140. The Bertz CT molecular complexity index is 417. The molecule has 3 atom stereocenters. The van der Waals surface area contributed by atoms with Crippen molar-refractivity contribution in [1.82, 2.24) is 10.6 Å². The number of carboxylic acid groups (broad SMARTS) is 1. The maximum absolute atomic E-state index is 12.0. The minimum atomic E-state index is -0.966. The van der Waals surface area contributed by atoms with Crippen molar-refractivity contribution in [3.05, 3.63) is 0 Å². The zero-order valence-electron chi connectivity index (χ0n) is 12.7. The number of nitrogens with one attached hydrogen (secondary N) is 2. The number of amides is 2. The third kappa shape index (κ3) is 3.49. The molecule has 0 bridgehead atoms. The molecule has 0 aromatic heterocycles. The quantitative estimate of drug-likeness (QED) is 0.666. The van der Waals surface area contributed by atoms with Crippen LogP contribution in [0, 0.1) is 23.2 Å². The first-order valence-electron chi connectivity index (χ1n) is 6.90. The first kappa shape index (κ1) is 16.5. The van der Waals surface area contributed by atoms with Gasteiger partial charge < -0.3 is 15.7 Å². The van der Waals surface area contributed by atoms with Gasteiger partial charge in [0.15, 0.2) is 0 Å². The number of carbonyl (C=O) groups is 3. The van der Waals surface area contributed by atoms with Crippen molar-refractivity contribution in [2.75, 3.05) is 6.54 Å². The van der Waals surface area contributed by atoms with Gasteiger partial charge in [0.25, 0.3) is 0 Å². The summed E-state index contributed by atoms with van der Waals surface area (Å²) in [6, 6.07) is -0.660. The van der Waals surface area contributed by atoms with E-state index in [2.05, 4.69) is 10.6 Å². The summed E-state index contributed by atoms with van der Waals surface area (Å²) < 4.78 is 0. The highest BCUT2D eigenvalue weighted by Gasteiger charge is 2.66. The Labute approximate surface area is 119 Å². The van der Waals surface area contributed by atoms with Gasteiger partial charge in [0.2, 0.25) is 11.8 Å². The van der Waals surface area contributed by atoms with E-state index in [0.29, 0.717) is 12.5 Å². The van der Waals surface area contributed by atoms with Gasteiger partial charge in [-0.15, -0.1) is 0 Å². The van der Waals surface area contributed by atoms with Crippen LogP contribution in [0.5, 0.6) is 0 Å². The Morgan fingerprint density at radius 3 is 2.10 bits per heavy atom. The molecule has 0 aromatic carbocycles. The van der Waals surface area contributed by atoms with E-state index < -0.39 is 29.3 Å². The molecule has 0 saturated heterocycles. The molecular weight excluding hydrogens is 260 g/mol. The first-order valence-corrected chi connectivity index (χ1v) is 6.90. The van der Waals surface area contributed by atoms with E-state index in [1.807, 2.05) is 13.8 Å². The second-order valence-electron chi connectivity index (χ2n) is 6.48. The van der Waals surface area contributed by atoms with Gasteiger partial charge in [0.1, 0.15) is 6.04 Å². The van der Waals surface area contributed by atoms with E-state index in [-0.39, 0.29) is 11.8 Å². The first-order chi connectivity index (χ1) is 9.09. The molecule has 0 radical (unpaired) electrons. The lowest BCUT2D eigenvalue weighted by Gasteiger charge is -2.15. The van der Waals surface area contributed by atoms with Crippen LogP contribution in [0.1, 0.15) is 34.6 Å². The smallest absolute Gasteiger partial charge is 0.307 e. The Hall–Kier alpha value is -1.59. The van der Waals surface area contributed by atoms with E-state index in [1.165, 1.54) is 0 Å². The van der Waals surface area contributed by atoms with E-state index in [0.717, 1.165) is 0 Å². The van der Waals surface area contributed by atoms with Crippen LogP contribution in [-0.4, -0.2) is 35.5 Å². The molecule has 1 rings (SSSR count). The zero-order valence-corrected chi connectivity index (χ0v) is 12.7. The normalized spacial score (nSPS) is 24.9. The highest BCUT2D eigenvalue weighted by Crippen LogP contribution is 2.58. The third-order valence-electron chi connectivity index (χ3n) is 3.81. The van der Waals surface area contributed by atoms with Crippen LogP contribution in [0.3, 0.4) is 0 Å². The van der Waals surface area contributed by atoms with Crippen LogP contribution in [-0.2, 0) is 14.4 Å². The monoisotopic (exact) mass is 284 g/mol. The Kier molecular flexibility index (Phi) is 4.78. The zero-order chi connectivity index (χ0) is 15.7. The molecule has 1 saturated carbocycles. The molecule has 1 fully saturated rings. The number of aliphatic carboxylic acids is 1. The maximum atomic E-state index is 12.0. The second kappa shape index (κ2) is 5.81. The molecule has 1 aliphatic carbocycles. The van der Waals surface area contributed by atoms with Crippen molar-refractivity contribution in [3.8, 4) is 0 Å². The predicted molar refractivity (Wildman–Crippen MR) is 73.8 cm³/mol. The van der Waals surface area contributed by atoms with Gasteiger partial charge in [-0.05, 0) is 18.3 Å². The summed E-state index contributed by atoms with van der Waals surface area (Å²) in [5.74, 6) is -2.49. The van der Waals surface area contributed by atoms with Crippen LogP contribution in [0.2, 0.25) is 0 Å². The van der Waals surface area contributed by atoms with Gasteiger partial charge in [-0.3, -0.25) is 14.4 Å². The van der Waals surface area contributed by atoms with Gasteiger partial charge in [-0.2, -0.15) is 0 Å². The highest BCUT2D eigenvalue weighted by molar-refractivity contribution is 5.94. The fourth-order valence-corrected chi connectivity index (χ4v) is 2.41. The lowest BCUT2D eigenvalue weighted by Crippen LogP contribution is -2.46. The van der Waals surface area contributed by atoms with Crippen LogP contribution < -0.4 is 10.6 Å². The van der Waals surface area contributed by atoms with Crippen LogP contribution in [0.4, 0.5) is 0 Å². The van der Waals surface area contributed by atoms with Crippen molar-refractivity contribution in [1.29, 1.82) is 0 Å². The average molecular weight is 284 g/mol. The standard InChI is InChI=1S/C14H24N2O4/c1-7(2)6-15-11(17)8(3)16-12(18)9-10(13(19)20)14(9,4)5/h7-10H,6H2,1-5H3,(H,15,17)(H,16,18)(H,19,20)/t8?,9-,10+/m1/s1. The molecular formula is C14H24N2O4. The molecule has 2 amide bonds. The summed E-state index contributed by atoms with van der Waals surface area (Å²) in [6.45, 7) is 9.60. The van der Waals surface area contributed by atoms with E-state index in [1.54, 1.807) is 20.8 Å². The number of carbonyl (C=O) groups excluding carboxylic acids is 2. The van der Waals surface area contributed by atoms with Crippen molar-refractivity contribution in [2.45, 2.75) is 40.7 Å². The van der Waals surface area contributed by atoms with Gasteiger partial charge >= 0.3 is 5.97 Å². The number of rotatable bonds is 6. The maximum Gasteiger partial charge on any atom is 0.307 e. The summed E-state index contributed by atoms with van der Waals surface area (Å²) in [5, 5.41) is 14.4. The molecule has 0 aromatic rings. The lowest BCUT2D eigenvalue weighted by atomic mass is 10.1. The third-order valence-corrected chi connectivity index (χ3v) is 3.81. The molecule has 114 valence electrons. The highest BCUT2D eigenvalue weighted by atomic mass is 16.4. The van der Waals surface area contributed by atoms with Gasteiger partial charge in [-0.1, -0.05) is 27.7 Å². The second-order valence-corrected chi connectivity index (χ2v) is 6.48. The Morgan fingerprint density at radius 2 is 1.70 bits per heavy atom. The van der Waals surface area contributed by atoms with Crippen LogP contribution in [0.15, 0.2) is 0 Å². The predicted octanol–water partition coefficient (Wildman–Crippen LogP) is 0.620. The summed E-state index contributed by atoms with van der Waals surface area (Å²) in [7, 11) is 0. The molecule has 0 aliphatic heterocycles. The summed E-state index contributed by atoms with van der Waals surface area (Å²) in [4.78, 5) is 34.8. The van der Waals surface area contributed by atoms with E-state index >= 15 is 0 Å². The van der Waals surface area contributed by atoms with E-state index in [9.17, 15) is 14.4 Å². The molecule has 1 unspecified atom stereocenters. The van der Waals surface area contributed by atoms with Gasteiger partial charge in [-0.25, -0.2) is 0 Å². The topological polar surface area (TPSA) is 95.5 Å². The van der Waals surface area contributed by atoms with Crippen LogP contribution in [0.25, 0.3) is 0 Å². The Balaban J connectivity index is 2.51. The van der Waals surface area contributed by atoms with Crippen molar-refractivity contribution in [2.24, 2.45) is 23.2 Å². The average Bonchev–Trinajstić information content (AvgIpc) is 2.89. The minimum absolute atomic E-state index is 0.252. The summed E-state index contributed by atoms with van der Waals surface area (Å²) in [5.41, 5.74) is -0.552. The molecule has 6 heteroatoms. The number of hydrogen-bond acceptors (Lipinski definition) is 3. The van der Waals surface area contributed by atoms with Crippen molar-refractivity contribution < 1.29 is 19.5 Å². The fourth-order valence-electron chi connectivity index (χ4n) is 2.41. The van der Waals surface area contributed by atoms with Gasteiger partial charge in [0.05, 0.1) is 11.8 Å². The summed E-state index contributed by atoms with van der Waals surface area (Å²) >= 11 is 0. The van der Waals surface area contributed by atoms with Crippen molar-refractivity contribution in [3.63, 3.8) is 0 Å². The molecule has 3 N–H and O–H groups in total. The van der Waals surface area contributed by atoms with Gasteiger partial charge in [0, 0.05) is 6.54 Å². The fraction of sp³-hybridized carbons (Fsp3) is 0.786. The molecule has 20 heavy (non-hydrogen) atoms. The number of carboxylic acids is 1. The molecule has 0 spiro atoms. The molecule has 6 nitrogen and oxygen atoms in total. The largest absolute Gasteiger partial charge is 0.481 e. The molecule has 0 heterocycles. The molecule has 1 aliphatic rings. The van der Waals surface area contributed by atoms with E-state index in [4.69, 9.17) is 5.11 Å². The minimum Gasteiger partial charge on any atom is -0.481 e.